The van der Waals surface area contributed by atoms with Gasteiger partial charge in [-0.2, -0.15) is 0 Å². The number of aryl methyl sites for hydroxylation is 3. The van der Waals surface area contributed by atoms with Crippen LogP contribution in [0.3, 0.4) is 0 Å². The third kappa shape index (κ3) is 3.91. The summed E-state index contributed by atoms with van der Waals surface area (Å²) >= 11 is 11.8. The van der Waals surface area contributed by atoms with Gasteiger partial charge in [-0.05, 0) is 44.5 Å². The fraction of sp³-hybridized carbons (Fsp3) is 0.294. The van der Waals surface area contributed by atoms with Gasteiger partial charge in [-0.3, -0.25) is 9.20 Å². The molecule has 0 unspecified atom stereocenters. The van der Waals surface area contributed by atoms with Crippen molar-refractivity contribution in [1.29, 1.82) is 0 Å². The number of rotatable bonds is 5. The lowest BCUT2D eigenvalue weighted by Crippen LogP contribution is -2.24. The van der Waals surface area contributed by atoms with Crippen LogP contribution in [0.25, 0.3) is 5.78 Å². The second-order valence-electron chi connectivity index (χ2n) is 5.78. The van der Waals surface area contributed by atoms with Gasteiger partial charge < -0.3 is 5.32 Å². The van der Waals surface area contributed by atoms with E-state index in [1.54, 1.807) is 18.2 Å². The zero-order chi connectivity index (χ0) is 18.0. The second-order valence-corrected chi connectivity index (χ2v) is 6.59. The predicted molar refractivity (Wildman–Crippen MR) is 97.4 cm³/mol. The van der Waals surface area contributed by atoms with Gasteiger partial charge in [-0.15, -0.1) is 10.2 Å². The highest BCUT2D eigenvalue weighted by molar-refractivity contribution is 6.42. The maximum atomic E-state index is 12.1. The molecule has 1 amide bonds. The van der Waals surface area contributed by atoms with Crippen LogP contribution in [0, 0.1) is 13.8 Å². The van der Waals surface area contributed by atoms with Gasteiger partial charge in [-0.1, -0.05) is 23.2 Å². The van der Waals surface area contributed by atoms with Gasteiger partial charge in [0.2, 0.25) is 0 Å². The molecule has 0 radical (unpaired) electrons. The molecule has 6 nitrogen and oxygen atoms in total. The minimum atomic E-state index is -0.182. The number of amides is 1. The van der Waals surface area contributed by atoms with E-state index in [1.807, 2.05) is 24.3 Å². The largest absolute Gasteiger partial charge is 0.352 e. The first-order valence-electron chi connectivity index (χ1n) is 7.87. The number of hydrogen-bond acceptors (Lipinski definition) is 4. The van der Waals surface area contributed by atoms with Crippen molar-refractivity contribution in [2.45, 2.75) is 26.7 Å². The van der Waals surface area contributed by atoms with Crippen molar-refractivity contribution >= 4 is 34.9 Å². The summed E-state index contributed by atoms with van der Waals surface area (Å²) in [7, 11) is 0. The van der Waals surface area contributed by atoms with E-state index in [0.29, 0.717) is 34.4 Å². The number of benzene rings is 1. The SMILES string of the molecule is Cc1cc(C)n2c(CCCNC(=O)c3ccc(Cl)c(Cl)c3)nnc2n1. The normalized spacial score (nSPS) is 11.0. The lowest BCUT2D eigenvalue weighted by molar-refractivity contribution is 0.0953. The minimum Gasteiger partial charge on any atom is -0.352 e. The molecule has 0 fully saturated rings. The van der Waals surface area contributed by atoms with Crippen LogP contribution in [0.4, 0.5) is 0 Å². The van der Waals surface area contributed by atoms with Crippen molar-refractivity contribution in [3.63, 3.8) is 0 Å². The fourth-order valence-electron chi connectivity index (χ4n) is 2.65. The molecule has 1 N–H and O–H groups in total. The van der Waals surface area contributed by atoms with Gasteiger partial charge in [-0.25, -0.2) is 4.98 Å². The summed E-state index contributed by atoms with van der Waals surface area (Å²) in [5.41, 5.74) is 2.44. The lowest BCUT2D eigenvalue weighted by Gasteiger charge is -2.07. The third-order valence-electron chi connectivity index (χ3n) is 3.80. The second kappa shape index (κ2) is 7.37. The first-order chi connectivity index (χ1) is 12.0. The maximum Gasteiger partial charge on any atom is 0.255 e. The molecule has 0 aliphatic rings. The molecular formula is C17H17Cl2N5O. The summed E-state index contributed by atoms with van der Waals surface area (Å²) in [6.45, 7) is 4.45. The highest BCUT2D eigenvalue weighted by Crippen LogP contribution is 2.22. The Hall–Kier alpha value is -2.18. The van der Waals surface area contributed by atoms with Gasteiger partial charge in [0.25, 0.3) is 11.7 Å². The Morgan fingerprint density at radius 3 is 2.72 bits per heavy atom. The van der Waals surface area contributed by atoms with Gasteiger partial charge in [0.15, 0.2) is 0 Å². The van der Waals surface area contributed by atoms with Crippen LogP contribution in [0.1, 0.15) is 34.0 Å². The molecule has 130 valence electrons. The molecule has 0 saturated carbocycles. The number of carbonyl (C=O) groups is 1. The number of hydrogen-bond donors (Lipinski definition) is 1. The molecule has 0 bridgehead atoms. The average molecular weight is 378 g/mol. The molecule has 2 heterocycles. The zero-order valence-electron chi connectivity index (χ0n) is 13.9. The molecule has 2 aromatic heterocycles. The molecule has 1 aromatic carbocycles. The molecule has 25 heavy (non-hydrogen) atoms. The van der Waals surface area contributed by atoms with Crippen LogP contribution in [0.2, 0.25) is 10.0 Å². The van der Waals surface area contributed by atoms with E-state index >= 15 is 0 Å². The van der Waals surface area contributed by atoms with Crippen LogP contribution in [-0.4, -0.2) is 32.0 Å². The van der Waals surface area contributed by atoms with E-state index in [9.17, 15) is 4.79 Å². The molecule has 0 aliphatic heterocycles. The van der Waals surface area contributed by atoms with Crippen molar-refractivity contribution in [2.24, 2.45) is 0 Å². The van der Waals surface area contributed by atoms with Crippen LogP contribution in [0.5, 0.6) is 0 Å². The average Bonchev–Trinajstić information content (AvgIpc) is 2.97. The number of carbonyl (C=O) groups excluding carboxylic acids is 1. The fourth-order valence-corrected chi connectivity index (χ4v) is 2.95. The number of nitrogens with one attached hydrogen (secondary N) is 1. The molecule has 0 spiro atoms. The summed E-state index contributed by atoms with van der Waals surface area (Å²) in [6.07, 6.45) is 1.43. The first-order valence-corrected chi connectivity index (χ1v) is 8.63. The van der Waals surface area contributed by atoms with Gasteiger partial charge in [0.1, 0.15) is 5.82 Å². The van der Waals surface area contributed by atoms with Crippen molar-refractivity contribution in [3.05, 3.63) is 57.1 Å². The first kappa shape index (κ1) is 17.6. The Morgan fingerprint density at radius 2 is 1.96 bits per heavy atom. The summed E-state index contributed by atoms with van der Waals surface area (Å²) in [4.78, 5) is 16.5. The van der Waals surface area contributed by atoms with E-state index in [1.165, 1.54) is 0 Å². The summed E-state index contributed by atoms with van der Waals surface area (Å²) in [5, 5.41) is 12.0. The molecule has 0 atom stereocenters. The Kier molecular flexibility index (Phi) is 5.20. The third-order valence-corrected chi connectivity index (χ3v) is 4.54. The smallest absolute Gasteiger partial charge is 0.255 e. The highest BCUT2D eigenvalue weighted by atomic mass is 35.5. The monoisotopic (exact) mass is 377 g/mol. The summed E-state index contributed by atoms with van der Waals surface area (Å²) < 4.78 is 1.94. The van der Waals surface area contributed by atoms with Crippen molar-refractivity contribution < 1.29 is 4.79 Å². The molecular weight excluding hydrogens is 361 g/mol. The Labute approximate surface area is 155 Å². The van der Waals surface area contributed by atoms with Gasteiger partial charge in [0.05, 0.1) is 10.0 Å². The quantitative estimate of drug-likeness (QED) is 0.691. The van der Waals surface area contributed by atoms with Crippen molar-refractivity contribution in [2.75, 3.05) is 6.54 Å². The van der Waals surface area contributed by atoms with E-state index in [-0.39, 0.29) is 5.91 Å². The Morgan fingerprint density at radius 1 is 1.16 bits per heavy atom. The number of halogens is 2. The van der Waals surface area contributed by atoms with E-state index in [0.717, 1.165) is 23.6 Å². The molecule has 0 saturated heterocycles. The van der Waals surface area contributed by atoms with Crippen LogP contribution >= 0.6 is 23.2 Å². The van der Waals surface area contributed by atoms with Crippen LogP contribution in [0.15, 0.2) is 24.3 Å². The number of aromatic nitrogens is 4. The van der Waals surface area contributed by atoms with Crippen molar-refractivity contribution in [1.82, 2.24) is 24.9 Å². The highest BCUT2D eigenvalue weighted by Gasteiger charge is 2.10. The number of fused-ring (bicyclic) bond motifs is 1. The molecule has 3 rings (SSSR count). The molecule has 0 aliphatic carbocycles. The van der Waals surface area contributed by atoms with Gasteiger partial charge >= 0.3 is 0 Å². The Bertz CT molecular complexity index is 938. The minimum absolute atomic E-state index is 0.182. The maximum absolute atomic E-state index is 12.1. The number of nitrogens with zero attached hydrogens (tertiary/aromatic N) is 4. The molecule has 3 aromatic rings. The van der Waals surface area contributed by atoms with E-state index in [4.69, 9.17) is 23.2 Å². The molecule has 8 heteroatoms. The summed E-state index contributed by atoms with van der Waals surface area (Å²) in [5.74, 6) is 1.26. The van der Waals surface area contributed by atoms with Crippen LogP contribution < -0.4 is 5.32 Å². The van der Waals surface area contributed by atoms with E-state index in [2.05, 4.69) is 20.5 Å². The van der Waals surface area contributed by atoms with Crippen molar-refractivity contribution in [3.8, 4) is 0 Å². The summed E-state index contributed by atoms with van der Waals surface area (Å²) in [6, 6.07) is 6.81. The van der Waals surface area contributed by atoms with Crippen LogP contribution in [-0.2, 0) is 6.42 Å². The topological polar surface area (TPSA) is 72.2 Å². The predicted octanol–water partition coefficient (Wildman–Crippen LogP) is 3.41. The van der Waals surface area contributed by atoms with Gasteiger partial charge in [0, 0.05) is 29.9 Å². The van der Waals surface area contributed by atoms with E-state index < -0.39 is 0 Å². The zero-order valence-corrected chi connectivity index (χ0v) is 15.4. The Balaban J connectivity index is 1.58. The lowest BCUT2D eigenvalue weighted by atomic mass is 10.2. The standard InChI is InChI=1S/C17H17Cl2N5O/c1-10-8-11(2)24-15(22-23-17(24)21-10)4-3-7-20-16(25)12-5-6-13(18)14(19)9-12/h5-6,8-9H,3-4,7H2,1-2H3,(H,20,25).